The SMILES string of the molecule is O=C(NC[C@@H]1COC2(CCOCC2)O1)[C@H]1CSCN1C(=O)c1ccc(Cl)cc1. The summed E-state index contributed by atoms with van der Waals surface area (Å²) in [6, 6.07) is 6.22. The average Bonchev–Trinajstić information content (AvgIpc) is 3.35. The zero-order valence-corrected chi connectivity index (χ0v) is 17.0. The summed E-state index contributed by atoms with van der Waals surface area (Å²) in [5, 5.41) is 3.50. The summed E-state index contributed by atoms with van der Waals surface area (Å²) >= 11 is 7.46. The molecule has 0 radical (unpaired) electrons. The second kappa shape index (κ2) is 8.59. The lowest BCUT2D eigenvalue weighted by Gasteiger charge is -2.31. The van der Waals surface area contributed by atoms with Gasteiger partial charge in [0.15, 0.2) is 5.79 Å². The van der Waals surface area contributed by atoms with Gasteiger partial charge in [-0.2, -0.15) is 0 Å². The van der Waals surface area contributed by atoms with Crippen LogP contribution in [-0.4, -0.2) is 72.6 Å². The van der Waals surface area contributed by atoms with Gasteiger partial charge in [0, 0.05) is 35.7 Å². The first-order valence-electron chi connectivity index (χ1n) is 9.38. The van der Waals surface area contributed by atoms with Crippen LogP contribution in [0.25, 0.3) is 0 Å². The van der Waals surface area contributed by atoms with Crippen LogP contribution < -0.4 is 5.32 Å². The number of carbonyl (C=O) groups excluding carboxylic acids is 2. The molecule has 3 heterocycles. The van der Waals surface area contributed by atoms with Crippen molar-refractivity contribution < 1.29 is 23.8 Å². The minimum Gasteiger partial charge on any atom is -0.381 e. The van der Waals surface area contributed by atoms with Gasteiger partial charge >= 0.3 is 0 Å². The molecule has 0 aromatic heterocycles. The lowest BCUT2D eigenvalue weighted by molar-refractivity contribution is -0.210. The first-order chi connectivity index (χ1) is 13.6. The first kappa shape index (κ1) is 20.0. The Kier molecular flexibility index (Phi) is 6.13. The van der Waals surface area contributed by atoms with Gasteiger partial charge in [0.25, 0.3) is 5.91 Å². The minimum atomic E-state index is -0.562. The highest BCUT2D eigenvalue weighted by molar-refractivity contribution is 7.99. The fourth-order valence-electron chi connectivity index (χ4n) is 3.61. The number of nitrogens with one attached hydrogen (secondary N) is 1. The maximum absolute atomic E-state index is 12.8. The van der Waals surface area contributed by atoms with Crippen molar-refractivity contribution in [2.24, 2.45) is 0 Å². The fraction of sp³-hybridized carbons (Fsp3) is 0.579. The lowest BCUT2D eigenvalue weighted by atomic mass is 10.1. The number of thioether (sulfide) groups is 1. The van der Waals surface area contributed by atoms with E-state index in [2.05, 4.69) is 5.32 Å². The Balaban J connectivity index is 1.31. The Morgan fingerprint density at radius 2 is 2.00 bits per heavy atom. The molecular formula is C19H23ClN2O5S. The van der Waals surface area contributed by atoms with Gasteiger partial charge in [-0.05, 0) is 24.3 Å². The first-order valence-corrected chi connectivity index (χ1v) is 10.9. The van der Waals surface area contributed by atoms with Crippen molar-refractivity contribution in [1.82, 2.24) is 10.2 Å². The molecule has 1 aromatic carbocycles. The van der Waals surface area contributed by atoms with E-state index in [1.807, 2.05) is 0 Å². The van der Waals surface area contributed by atoms with Crippen LogP contribution in [0.4, 0.5) is 0 Å². The normalized spacial score (nSPS) is 26.5. The number of nitrogens with zero attached hydrogens (tertiary/aromatic N) is 1. The van der Waals surface area contributed by atoms with Crippen LogP contribution in [0, 0.1) is 0 Å². The quantitative estimate of drug-likeness (QED) is 0.792. The van der Waals surface area contributed by atoms with E-state index in [0.29, 0.717) is 61.4 Å². The van der Waals surface area contributed by atoms with Gasteiger partial charge in [-0.25, -0.2) is 0 Å². The van der Waals surface area contributed by atoms with Gasteiger partial charge in [0.05, 0.1) is 25.7 Å². The summed E-state index contributed by atoms with van der Waals surface area (Å²) in [5.41, 5.74) is 0.527. The molecule has 7 nitrogen and oxygen atoms in total. The van der Waals surface area contributed by atoms with Crippen molar-refractivity contribution in [3.8, 4) is 0 Å². The minimum absolute atomic E-state index is 0.163. The van der Waals surface area contributed by atoms with E-state index < -0.39 is 11.8 Å². The molecule has 4 rings (SSSR count). The standard InChI is InChI=1S/C19H23ClN2O5S/c20-14-3-1-13(2-4-14)18(24)22-12-28-11-16(22)17(23)21-9-15-10-26-19(27-15)5-7-25-8-6-19/h1-4,15-16H,5-12H2,(H,21,23)/t15-,16-/m1/s1. The van der Waals surface area contributed by atoms with Crippen molar-refractivity contribution in [3.63, 3.8) is 0 Å². The van der Waals surface area contributed by atoms with E-state index in [0.717, 1.165) is 0 Å². The van der Waals surface area contributed by atoms with E-state index in [1.54, 1.807) is 40.9 Å². The van der Waals surface area contributed by atoms with E-state index in [4.69, 9.17) is 25.8 Å². The fourth-order valence-corrected chi connectivity index (χ4v) is 4.89. The monoisotopic (exact) mass is 426 g/mol. The van der Waals surface area contributed by atoms with Crippen LogP contribution in [0.5, 0.6) is 0 Å². The van der Waals surface area contributed by atoms with Crippen LogP contribution in [0.1, 0.15) is 23.2 Å². The third kappa shape index (κ3) is 4.31. The van der Waals surface area contributed by atoms with E-state index in [1.165, 1.54) is 0 Å². The Labute approximate surface area is 173 Å². The predicted molar refractivity (Wildman–Crippen MR) is 105 cm³/mol. The molecule has 3 aliphatic rings. The largest absolute Gasteiger partial charge is 0.381 e. The molecule has 9 heteroatoms. The van der Waals surface area contributed by atoms with Crippen LogP contribution in [0.15, 0.2) is 24.3 Å². The van der Waals surface area contributed by atoms with Gasteiger partial charge in [0.1, 0.15) is 12.1 Å². The highest BCUT2D eigenvalue weighted by atomic mass is 35.5. The van der Waals surface area contributed by atoms with Crippen LogP contribution in [0.3, 0.4) is 0 Å². The van der Waals surface area contributed by atoms with Crippen LogP contribution >= 0.6 is 23.4 Å². The summed E-state index contributed by atoms with van der Waals surface area (Å²) in [6.45, 7) is 2.07. The Hall–Kier alpha value is -1.32. The maximum Gasteiger partial charge on any atom is 0.255 e. The van der Waals surface area contributed by atoms with Gasteiger partial charge in [-0.1, -0.05) is 11.6 Å². The second-order valence-corrected chi connectivity index (χ2v) is 8.55. The van der Waals surface area contributed by atoms with E-state index in [-0.39, 0.29) is 17.9 Å². The number of amides is 2. The number of benzene rings is 1. The highest BCUT2D eigenvalue weighted by Crippen LogP contribution is 2.33. The number of hydrogen-bond acceptors (Lipinski definition) is 6. The molecule has 1 N–H and O–H groups in total. The number of hydrogen-bond donors (Lipinski definition) is 1. The van der Waals surface area contributed by atoms with Crippen molar-refractivity contribution >= 4 is 35.2 Å². The topological polar surface area (TPSA) is 77.1 Å². The summed E-state index contributed by atoms with van der Waals surface area (Å²) in [4.78, 5) is 27.1. The summed E-state index contributed by atoms with van der Waals surface area (Å²) in [6.07, 6.45) is 1.23. The average molecular weight is 427 g/mol. The summed E-state index contributed by atoms with van der Waals surface area (Å²) in [7, 11) is 0. The van der Waals surface area contributed by atoms with Crippen molar-refractivity contribution in [3.05, 3.63) is 34.9 Å². The number of rotatable bonds is 4. The zero-order chi connectivity index (χ0) is 19.6. The molecule has 2 amide bonds. The van der Waals surface area contributed by atoms with Gasteiger partial charge in [-0.3, -0.25) is 9.59 Å². The molecule has 3 fully saturated rings. The van der Waals surface area contributed by atoms with E-state index >= 15 is 0 Å². The second-order valence-electron chi connectivity index (χ2n) is 7.12. The third-order valence-corrected chi connectivity index (χ3v) is 6.47. The number of carbonyl (C=O) groups is 2. The van der Waals surface area contributed by atoms with Crippen molar-refractivity contribution in [2.75, 3.05) is 38.0 Å². The molecule has 1 aromatic rings. The smallest absolute Gasteiger partial charge is 0.255 e. The number of halogens is 1. The molecule has 2 atom stereocenters. The molecule has 28 heavy (non-hydrogen) atoms. The molecule has 3 aliphatic heterocycles. The van der Waals surface area contributed by atoms with E-state index in [9.17, 15) is 9.59 Å². The molecular weight excluding hydrogens is 404 g/mol. The molecule has 0 aliphatic carbocycles. The van der Waals surface area contributed by atoms with Gasteiger partial charge in [0.2, 0.25) is 5.91 Å². The maximum atomic E-state index is 12.8. The lowest BCUT2D eigenvalue weighted by Crippen LogP contribution is -2.49. The zero-order valence-electron chi connectivity index (χ0n) is 15.4. The molecule has 0 unspecified atom stereocenters. The van der Waals surface area contributed by atoms with Crippen LogP contribution in [0.2, 0.25) is 5.02 Å². The highest BCUT2D eigenvalue weighted by Gasteiger charge is 2.43. The third-order valence-electron chi connectivity index (χ3n) is 5.21. The summed E-state index contributed by atoms with van der Waals surface area (Å²) in [5.74, 6) is 0.181. The molecule has 3 saturated heterocycles. The Morgan fingerprint density at radius 1 is 1.25 bits per heavy atom. The molecule has 1 spiro atoms. The van der Waals surface area contributed by atoms with Gasteiger partial charge < -0.3 is 24.4 Å². The molecule has 0 bridgehead atoms. The predicted octanol–water partition coefficient (Wildman–Crippen LogP) is 1.89. The Morgan fingerprint density at radius 3 is 2.75 bits per heavy atom. The molecule has 0 saturated carbocycles. The summed E-state index contributed by atoms with van der Waals surface area (Å²) < 4.78 is 17.2. The van der Waals surface area contributed by atoms with Gasteiger partial charge in [-0.15, -0.1) is 11.8 Å². The van der Waals surface area contributed by atoms with Crippen molar-refractivity contribution in [2.45, 2.75) is 30.8 Å². The Bertz CT molecular complexity index is 726. The molecule has 152 valence electrons. The van der Waals surface area contributed by atoms with Crippen molar-refractivity contribution in [1.29, 1.82) is 0 Å². The number of ether oxygens (including phenoxy) is 3. The van der Waals surface area contributed by atoms with Crippen LogP contribution in [-0.2, 0) is 19.0 Å².